The number of hydrogen-bond acceptors (Lipinski definition) is 0. The molecule has 1 aromatic heterocycles. The van der Waals surface area contributed by atoms with Crippen molar-refractivity contribution in [3.05, 3.63) is 138 Å². The fourth-order valence-corrected chi connectivity index (χ4v) is 5.66. The van der Waals surface area contributed by atoms with Crippen LogP contribution in [0.15, 0.2) is 127 Å². The summed E-state index contributed by atoms with van der Waals surface area (Å²) in [6.45, 7) is 2.15. The first kappa shape index (κ1) is 21.9. The lowest BCUT2D eigenvalue weighted by Gasteiger charge is -2.11. The first-order chi connectivity index (χ1) is 18.2. The molecule has 2 heteroatoms. The molecule has 1 nitrogen and oxygen atoms in total. The Balaban J connectivity index is 1.52. The van der Waals surface area contributed by atoms with Gasteiger partial charge in [0.1, 0.15) is 0 Å². The van der Waals surface area contributed by atoms with Crippen LogP contribution in [0.5, 0.6) is 0 Å². The zero-order chi connectivity index (χ0) is 24.9. The number of fused-ring (bicyclic) bond motifs is 4. The van der Waals surface area contributed by atoms with Crippen molar-refractivity contribution in [3.8, 4) is 27.9 Å². The van der Waals surface area contributed by atoms with Crippen molar-refractivity contribution in [2.45, 2.75) is 6.92 Å². The quantitative estimate of drug-likeness (QED) is 0.230. The fourth-order valence-electron chi connectivity index (χ4n) is 5.53. The molecule has 0 saturated carbocycles. The molecular weight excluding hydrogens is 470 g/mol. The Morgan fingerprint density at radius 2 is 1.27 bits per heavy atom. The largest absolute Gasteiger partial charge is 0.309 e. The lowest BCUT2D eigenvalue weighted by molar-refractivity contribution is 1.17. The van der Waals surface area contributed by atoms with Gasteiger partial charge in [-0.05, 0) is 88.0 Å². The summed E-state index contributed by atoms with van der Waals surface area (Å²) in [7, 11) is 0. The van der Waals surface area contributed by atoms with Crippen molar-refractivity contribution in [1.29, 1.82) is 0 Å². The Kier molecular flexibility index (Phi) is 5.13. The first-order valence-corrected chi connectivity index (χ1v) is 12.9. The summed E-state index contributed by atoms with van der Waals surface area (Å²) in [5.41, 5.74) is 9.64. The predicted octanol–water partition coefficient (Wildman–Crippen LogP) is 10.2. The lowest BCUT2D eigenvalue weighted by atomic mass is 9.97. The Hall–Kier alpha value is -4.33. The summed E-state index contributed by atoms with van der Waals surface area (Å²) >= 11 is 6.17. The summed E-state index contributed by atoms with van der Waals surface area (Å²) in [4.78, 5) is 0. The van der Waals surface area contributed by atoms with E-state index in [-0.39, 0.29) is 0 Å². The molecule has 0 atom stereocenters. The number of benzene rings is 6. The van der Waals surface area contributed by atoms with E-state index in [1.54, 1.807) is 0 Å². The van der Waals surface area contributed by atoms with E-state index in [4.69, 9.17) is 11.6 Å². The molecule has 0 radical (unpaired) electrons. The SMILES string of the molecule is Cc1cccc(-n2c3ccc(-c4cccc5ccccc45)cc3c3ccc(-c4ccc(Cl)cc4)cc32)c1. The van der Waals surface area contributed by atoms with Crippen LogP contribution in [0.4, 0.5) is 0 Å². The van der Waals surface area contributed by atoms with Crippen LogP contribution in [0, 0.1) is 6.92 Å². The van der Waals surface area contributed by atoms with Crippen LogP contribution in [0.3, 0.4) is 0 Å². The number of hydrogen-bond donors (Lipinski definition) is 0. The Morgan fingerprint density at radius 1 is 0.514 bits per heavy atom. The van der Waals surface area contributed by atoms with Crippen LogP contribution in [0.2, 0.25) is 5.02 Å². The van der Waals surface area contributed by atoms with E-state index in [0.29, 0.717) is 0 Å². The van der Waals surface area contributed by atoms with E-state index >= 15 is 0 Å². The van der Waals surface area contributed by atoms with E-state index in [9.17, 15) is 0 Å². The minimum absolute atomic E-state index is 0.750. The van der Waals surface area contributed by atoms with Gasteiger partial charge in [-0.15, -0.1) is 0 Å². The molecule has 0 aliphatic carbocycles. The normalized spacial score (nSPS) is 11.5. The van der Waals surface area contributed by atoms with Crippen LogP contribution >= 0.6 is 11.6 Å². The van der Waals surface area contributed by atoms with Crippen molar-refractivity contribution < 1.29 is 0 Å². The Bertz CT molecular complexity index is 1940. The minimum atomic E-state index is 0.750. The van der Waals surface area contributed by atoms with Gasteiger partial charge in [-0.1, -0.05) is 96.5 Å². The highest BCUT2D eigenvalue weighted by Crippen LogP contribution is 2.38. The third-order valence-corrected chi connectivity index (χ3v) is 7.56. The van der Waals surface area contributed by atoms with E-state index < -0.39 is 0 Å². The number of aryl methyl sites for hydroxylation is 1. The Morgan fingerprint density at radius 3 is 2.14 bits per heavy atom. The van der Waals surface area contributed by atoms with E-state index in [0.717, 1.165) is 10.6 Å². The lowest BCUT2D eigenvalue weighted by Crippen LogP contribution is -1.94. The highest BCUT2D eigenvalue weighted by Gasteiger charge is 2.15. The highest BCUT2D eigenvalue weighted by molar-refractivity contribution is 6.30. The van der Waals surface area contributed by atoms with Crippen molar-refractivity contribution in [1.82, 2.24) is 4.57 Å². The highest BCUT2D eigenvalue weighted by atomic mass is 35.5. The molecule has 7 rings (SSSR count). The molecule has 6 aromatic carbocycles. The van der Waals surface area contributed by atoms with E-state index in [1.807, 2.05) is 12.1 Å². The summed E-state index contributed by atoms with van der Waals surface area (Å²) in [5.74, 6) is 0. The van der Waals surface area contributed by atoms with Crippen molar-refractivity contribution in [3.63, 3.8) is 0 Å². The van der Waals surface area contributed by atoms with Crippen molar-refractivity contribution >= 4 is 44.2 Å². The number of halogens is 1. The predicted molar refractivity (Wildman–Crippen MR) is 159 cm³/mol. The van der Waals surface area contributed by atoms with Gasteiger partial charge in [0.15, 0.2) is 0 Å². The number of nitrogens with zero attached hydrogens (tertiary/aromatic N) is 1. The molecule has 0 amide bonds. The second-order valence-electron chi connectivity index (χ2n) is 9.67. The molecule has 176 valence electrons. The second kappa shape index (κ2) is 8.65. The van der Waals surface area contributed by atoms with Crippen LogP contribution in [0.25, 0.3) is 60.5 Å². The average Bonchev–Trinajstić information content (AvgIpc) is 3.26. The standard InChI is InChI=1S/C35H24ClN/c1-23-6-4-9-29(20-23)37-34-19-15-27(31-11-5-8-25-7-2-3-10-30(25)31)21-33(34)32-18-14-26(22-35(32)37)24-12-16-28(36)17-13-24/h2-22H,1H3. The average molecular weight is 494 g/mol. The van der Waals surface area contributed by atoms with E-state index in [2.05, 4.69) is 127 Å². The van der Waals surface area contributed by atoms with Crippen molar-refractivity contribution in [2.24, 2.45) is 0 Å². The molecule has 1 heterocycles. The van der Waals surface area contributed by atoms with Gasteiger partial charge < -0.3 is 4.57 Å². The van der Waals surface area contributed by atoms with Gasteiger partial charge in [0.05, 0.1) is 11.0 Å². The van der Waals surface area contributed by atoms with Crippen LogP contribution in [0.1, 0.15) is 5.56 Å². The molecule has 0 bridgehead atoms. The summed E-state index contributed by atoms with van der Waals surface area (Å²) in [6, 6.07) is 45.6. The van der Waals surface area contributed by atoms with Gasteiger partial charge in [0.2, 0.25) is 0 Å². The second-order valence-corrected chi connectivity index (χ2v) is 10.1. The number of aromatic nitrogens is 1. The minimum Gasteiger partial charge on any atom is -0.309 e. The molecule has 0 fully saturated rings. The molecule has 7 aromatic rings. The van der Waals surface area contributed by atoms with Gasteiger partial charge >= 0.3 is 0 Å². The summed E-state index contributed by atoms with van der Waals surface area (Å²) in [6.07, 6.45) is 0. The van der Waals surface area contributed by atoms with Crippen LogP contribution in [-0.4, -0.2) is 4.57 Å². The summed E-state index contributed by atoms with van der Waals surface area (Å²) in [5, 5.41) is 5.78. The fraction of sp³-hybridized carbons (Fsp3) is 0.0286. The molecule has 0 unspecified atom stereocenters. The molecule has 0 aliphatic rings. The molecule has 0 saturated heterocycles. The summed E-state index contributed by atoms with van der Waals surface area (Å²) < 4.78 is 2.39. The number of rotatable bonds is 3. The van der Waals surface area contributed by atoms with E-state index in [1.165, 1.54) is 60.5 Å². The van der Waals surface area contributed by atoms with Gasteiger partial charge in [-0.3, -0.25) is 0 Å². The maximum Gasteiger partial charge on any atom is 0.0547 e. The molecule has 0 spiro atoms. The molecule has 0 aliphatic heterocycles. The van der Waals surface area contributed by atoms with Gasteiger partial charge in [0, 0.05) is 21.5 Å². The van der Waals surface area contributed by atoms with Gasteiger partial charge in [-0.2, -0.15) is 0 Å². The molecular formula is C35H24ClN. The maximum absolute atomic E-state index is 6.17. The van der Waals surface area contributed by atoms with Crippen LogP contribution in [-0.2, 0) is 0 Å². The topological polar surface area (TPSA) is 4.93 Å². The molecule has 0 N–H and O–H groups in total. The van der Waals surface area contributed by atoms with Gasteiger partial charge in [-0.25, -0.2) is 0 Å². The zero-order valence-corrected chi connectivity index (χ0v) is 21.2. The molecule has 37 heavy (non-hydrogen) atoms. The third-order valence-electron chi connectivity index (χ3n) is 7.30. The first-order valence-electron chi connectivity index (χ1n) is 12.5. The van der Waals surface area contributed by atoms with Crippen molar-refractivity contribution in [2.75, 3.05) is 0 Å². The van der Waals surface area contributed by atoms with Gasteiger partial charge in [0.25, 0.3) is 0 Å². The third kappa shape index (κ3) is 3.71. The zero-order valence-electron chi connectivity index (χ0n) is 20.4. The monoisotopic (exact) mass is 493 g/mol. The Labute approximate surface area is 221 Å². The maximum atomic E-state index is 6.17. The smallest absolute Gasteiger partial charge is 0.0547 e. The van der Waals surface area contributed by atoms with Crippen LogP contribution < -0.4 is 0 Å².